The van der Waals surface area contributed by atoms with Gasteiger partial charge in [0.05, 0.1) is 12.9 Å². The van der Waals surface area contributed by atoms with E-state index < -0.39 is 31.2 Å². The van der Waals surface area contributed by atoms with Crippen molar-refractivity contribution in [2.24, 2.45) is 0 Å². The lowest BCUT2D eigenvalue weighted by Gasteiger charge is -2.17. The first-order chi connectivity index (χ1) is 12.1. The highest BCUT2D eigenvalue weighted by molar-refractivity contribution is 5.84. The number of halogens is 1. The molecule has 1 aliphatic heterocycles. The molecule has 1 saturated carbocycles. The van der Waals surface area contributed by atoms with Gasteiger partial charge in [0, 0.05) is 6.04 Å². The molecule has 5 N–H and O–H groups in total. The van der Waals surface area contributed by atoms with Crippen LogP contribution < -0.4 is 11.1 Å². The van der Waals surface area contributed by atoms with Gasteiger partial charge in [-0.1, -0.05) is 12.8 Å². The minimum absolute atomic E-state index is 0.0535. The summed E-state index contributed by atoms with van der Waals surface area (Å²) in [6, 6.07) is 0.310. The molecule has 0 amide bonds. The van der Waals surface area contributed by atoms with Gasteiger partial charge in [-0.2, -0.15) is 9.97 Å². The monoisotopic (exact) mass is 352 g/mol. The molecule has 3 heterocycles. The van der Waals surface area contributed by atoms with Crippen molar-refractivity contribution in [1.82, 2.24) is 19.5 Å². The summed E-state index contributed by atoms with van der Waals surface area (Å²) in [4.78, 5) is 12.7. The molecule has 0 bridgehead atoms. The average molecular weight is 352 g/mol. The number of nitrogens with two attached hydrogens (primary N) is 1. The number of fused-ring (bicyclic) bond motifs is 1. The van der Waals surface area contributed by atoms with Crippen molar-refractivity contribution in [3.05, 3.63) is 6.33 Å². The minimum Gasteiger partial charge on any atom is -0.394 e. The Labute approximate surface area is 143 Å². The first-order valence-electron chi connectivity index (χ1n) is 8.43. The van der Waals surface area contributed by atoms with Crippen LogP contribution in [0, 0.1) is 0 Å². The molecule has 136 valence electrons. The zero-order valence-corrected chi connectivity index (χ0v) is 13.5. The van der Waals surface area contributed by atoms with E-state index in [9.17, 15) is 14.6 Å². The summed E-state index contributed by atoms with van der Waals surface area (Å²) in [6.45, 7) is -0.521. The SMILES string of the molecule is Nc1nc(NC2CCCC2)c2ncn([C@@H]3O[C@H](CO)[C@@H](F)[C@H]3O)c2n1. The van der Waals surface area contributed by atoms with Gasteiger partial charge in [0.25, 0.3) is 0 Å². The second-order valence-electron chi connectivity index (χ2n) is 6.56. The Hall–Kier alpha value is -2.04. The Balaban J connectivity index is 1.70. The van der Waals surface area contributed by atoms with Crippen molar-refractivity contribution in [3.63, 3.8) is 0 Å². The third kappa shape index (κ3) is 2.79. The number of alkyl halides is 1. The quantitative estimate of drug-likeness (QED) is 0.620. The van der Waals surface area contributed by atoms with E-state index in [4.69, 9.17) is 10.5 Å². The van der Waals surface area contributed by atoms with Gasteiger partial charge in [-0.3, -0.25) is 4.57 Å². The van der Waals surface area contributed by atoms with E-state index in [0.717, 1.165) is 12.8 Å². The molecule has 0 radical (unpaired) electrons. The lowest BCUT2D eigenvalue weighted by Crippen LogP contribution is -2.29. The van der Waals surface area contributed by atoms with Crippen LogP contribution in [0.15, 0.2) is 6.33 Å². The Morgan fingerprint density at radius 3 is 2.80 bits per heavy atom. The first kappa shape index (κ1) is 16.4. The number of anilines is 2. The van der Waals surface area contributed by atoms with Gasteiger partial charge in [0.1, 0.15) is 12.2 Å². The van der Waals surface area contributed by atoms with E-state index in [1.54, 1.807) is 0 Å². The van der Waals surface area contributed by atoms with E-state index >= 15 is 0 Å². The second-order valence-corrected chi connectivity index (χ2v) is 6.56. The zero-order valence-electron chi connectivity index (χ0n) is 13.5. The Morgan fingerprint density at radius 2 is 2.12 bits per heavy atom. The summed E-state index contributed by atoms with van der Waals surface area (Å²) in [5, 5.41) is 22.6. The fourth-order valence-corrected chi connectivity index (χ4v) is 3.57. The van der Waals surface area contributed by atoms with E-state index in [0.29, 0.717) is 23.0 Å². The van der Waals surface area contributed by atoms with Crippen molar-refractivity contribution in [1.29, 1.82) is 0 Å². The second kappa shape index (κ2) is 6.36. The molecule has 4 rings (SSSR count). The molecule has 10 heteroatoms. The molecule has 0 aromatic carbocycles. The number of aromatic nitrogens is 4. The highest BCUT2D eigenvalue weighted by atomic mass is 19.1. The number of hydrogen-bond acceptors (Lipinski definition) is 8. The molecule has 0 unspecified atom stereocenters. The summed E-state index contributed by atoms with van der Waals surface area (Å²) in [6.07, 6.45) is 0.602. The number of nitrogen functional groups attached to an aromatic ring is 1. The van der Waals surface area contributed by atoms with E-state index in [1.807, 2.05) is 0 Å². The number of aliphatic hydroxyl groups is 2. The van der Waals surface area contributed by atoms with Crippen molar-refractivity contribution in [2.75, 3.05) is 17.7 Å². The third-order valence-corrected chi connectivity index (χ3v) is 4.88. The number of hydrogen-bond donors (Lipinski definition) is 4. The van der Waals surface area contributed by atoms with Gasteiger partial charge in [0.15, 0.2) is 29.4 Å². The smallest absolute Gasteiger partial charge is 0.224 e. The number of aliphatic hydroxyl groups excluding tert-OH is 2. The maximum absolute atomic E-state index is 14.0. The van der Waals surface area contributed by atoms with Gasteiger partial charge in [-0.15, -0.1) is 0 Å². The van der Waals surface area contributed by atoms with Crippen LogP contribution in [0.4, 0.5) is 16.2 Å². The molecule has 1 aliphatic carbocycles. The summed E-state index contributed by atoms with van der Waals surface area (Å²) in [5.41, 5.74) is 6.66. The standard InChI is InChI=1S/C15H21FN6O3/c16-9-8(5-23)25-14(11(9)24)22-6-18-10-12(19-7-3-1-2-4-7)20-15(17)21-13(10)22/h6-9,11,14,23-24H,1-5H2,(H3,17,19,20,21)/t8-,9-,11-,14-/m1/s1. The maximum atomic E-state index is 14.0. The summed E-state index contributed by atoms with van der Waals surface area (Å²) in [7, 11) is 0. The fourth-order valence-electron chi connectivity index (χ4n) is 3.57. The molecule has 2 aromatic rings. The molecule has 9 nitrogen and oxygen atoms in total. The van der Waals surface area contributed by atoms with Gasteiger partial charge in [-0.25, -0.2) is 9.37 Å². The first-order valence-corrected chi connectivity index (χ1v) is 8.43. The molecule has 4 atom stereocenters. The molecule has 2 fully saturated rings. The summed E-state index contributed by atoms with van der Waals surface area (Å²) in [5.74, 6) is 0.578. The van der Waals surface area contributed by atoms with Crippen LogP contribution in [0.5, 0.6) is 0 Å². The Bertz CT molecular complexity index is 765. The van der Waals surface area contributed by atoms with Crippen LogP contribution in [0.1, 0.15) is 31.9 Å². The molecular formula is C15H21FN6O3. The number of rotatable bonds is 4. The van der Waals surface area contributed by atoms with E-state index in [-0.39, 0.29) is 5.95 Å². The van der Waals surface area contributed by atoms with E-state index in [2.05, 4.69) is 20.3 Å². The molecular weight excluding hydrogens is 331 g/mol. The number of ether oxygens (including phenoxy) is 1. The normalized spacial score (nSPS) is 30.4. The summed E-state index contributed by atoms with van der Waals surface area (Å²) < 4.78 is 20.9. The van der Waals surface area contributed by atoms with E-state index in [1.165, 1.54) is 23.7 Å². The zero-order chi connectivity index (χ0) is 17.6. The number of nitrogens with zero attached hydrogens (tertiary/aromatic N) is 4. The van der Waals surface area contributed by atoms with Crippen molar-refractivity contribution < 1.29 is 19.3 Å². The highest BCUT2D eigenvalue weighted by Crippen LogP contribution is 2.34. The predicted molar refractivity (Wildman–Crippen MR) is 87.5 cm³/mol. The largest absolute Gasteiger partial charge is 0.394 e. The topological polar surface area (TPSA) is 131 Å². The summed E-state index contributed by atoms with van der Waals surface area (Å²) >= 11 is 0. The maximum Gasteiger partial charge on any atom is 0.224 e. The van der Waals surface area contributed by atoms with Gasteiger partial charge in [-0.05, 0) is 12.8 Å². The highest BCUT2D eigenvalue weighted by Gasteiger charge is 2.45. The van der Waals surface area contributed by atoms with Crippen molar-refractivity contribution in [2.45, 2.75) is 56.3 Å². The van der Waals surface area contributed by atoms with Crippen LogP contribution in [-0.2, 0) is 4.74 Å². The minimum atomic E-state index is -1.69. The van der Waals surface area contributed by atoms with Crippen molar-refractivity contribution >= 4 is 22.9 Å². The van der Waals surface area contributed by atoms with Crippen LogP contribution in [0.2, 0.25) is 0 Å². The Kier molecular flexibility index (Phi) is 4.18. The van der Waals surface area contributed by atoms with Gasteiger partial charge >= 0.3 is 0 Å². The van der Waals surface area contributed by atoms with Gasteiger partial charge < -0.3 is 26.0 Å². The average Bonchev–Trinajstić information content (AvgIpc) is 3.29. The lowest BCUT2D eigenvalue weighted by atomic mass is 10.1. The fraction of sp³-hybridized carbons (Fsp3) is 0.667. The molecule has 25 heavy (non-hydrogen) atoms. The number of imidazole rings is 1. The number of nitrogens with one attached hydrogen (secondary N) is 1. The molecule has 2 aromatic heterocycles. The van der Waals surface area contributed by atoms with Crippen LogP contribution >= 0.6 is 0 Å². The molecule has 2 aliphatic rings. The van der Waals surface area contributed by atoms with Crippen molar-refractivity contribution in [3.8, 4) is 0 Å². The van der Waals surface area contributed by atoms with Crippen LogP contribution in [0.3, 0.4) is 0 Å². The van der Waals surface area contributed by atoms with Gasteiger partial charge in [0.2, 0.25) is 5.95 Å². The lowest BCUT2D eigenvalue weighted by molar-refractivity contribution is -0.0495. The molecule has 1 saturated heterocycles. The Morgan fingerprint density at radius 1 is 1.36 bits per heavy atom. The predicted octanol–water partition coefficient (Wildman–Crippen LogP) is 0.352. The van der Waals surface area contributed by atoms with Crippen LogP contribution in [0.25, 0.3) is 11.2 Å². The van der Waals surface area contributed by atoms with Crippen LogP contribution in [-0.4, -0.2) is 60.8 Å². The molecule has 0 spiro atoms. The third-order valence-electron chi connectivity index (χ3n) is 4.88.